The van der Waals surface area contributed by atoms with Gasteiger partial charge in [-0.25, -0.2) is 23.7 Å². The lowest BCUT2D eigenvalue weighted by atomic mass is 9.89. The van der Waals surface area contributed by atoms with Crippen LogP contribution in [0.5, 0.6) is 0 Å². The van der Waals surface area contributed by atoms with Crippen LogP contribution in [-0.4, -0.2) is 159 Å². The first kappa shape index (κ1) is 70.9. The summed E-state index contributed by atoms with van der Waals surface area (Å²) in [5, 5.41) is 29.5. The zero-order chi connectivity index (χ0) is 72.6. The fourth-order valence-corrected chi connectivity index (χ4v) is 14.3. The third kappa shape index (κ3) is 15.4. The predicted molar refractivity (Wildman–Crippen MR) is 378 cm³/mol. The molecule has 0 radical (unpaired) electrons. The number of piperidine rings is 3. The summed E-state index contributed by atoms with van der Waals surface area (Å²) < 4.78 is 70.5. The number of aromatic amines is 6. The number of benzene rings is 5. The molecule has 1 unspecified atom stereocenters. The van der Waals surface area contributed by atoms with Crippen LogP contribution < -0.4 is 16.7 Å². The van der Waals surface area contributed by atoms with Gasteiger partial charge in [0.1, 0.15) is 17.2 Å². The van der Waals surface area contributed by atoms with Crippen LogP contribution in [-0.2, 0) is 33.6 Å². The quantitative estimate of drug-likeness (QED) is 0.0421. The van der Waals surface area contributed by atoms with Gasteiger partial charge in [0.15, 0.2) is 0 Å². The number of para-hydroxylation sites is 6. The Balaban J connectivity index is 0.000000138. The number of H-pyrrole nitrogens is 6. The second-order valence-corrected chi connectivity index (χ2v) is 28.2. The van der Waals surface area contributed by atoms with E-state index in [1.165, 1.54) is 52.2 Å². The Morgan fingerprint density at radius 2 is 0.913 bits per heavy atom. The molecule has 103 heavy (non-hydrogen) atoms. The summed E-state index contributed by atoms with van der Waals surface area (Å²) in [5.74, 6) is 0.0477. The number of aliphatic hydroxyl groups is 2. The number of halogens is 5. The molecule has 0 spiro atoms. The molecule has 4 aliphatic rings. The molecular formula is C75H82F5N15O8. The molecule has 11 aromatic rings. The first-order chi connectivity index (χ1) is 49.3. The van der Waals surface area contributed by atoms with Gasteiger partial charge < -0.3 is 39.9 Å². The van der Waals surface area contributed by atoms with Crippen molar-refractivity contribution >= 4 is 50.8 Å². The molecule has 9 heterocycles. The third-order valence-corrected chi connectivity index (χ3v) is 20.4. The van der Waals surface area contributed by atoms with Crippen molar-refractivity contribution in [2.24, 2.45) is 17.8 Å². The largest absolute Gasteiger partial charge is 0.426 e. The highest BCUT2D eigenvalue weighted by Crippen LogP contribution is 2.41. The van der Waals surface area contributed by atoms with Gasteiger partial charge in [-0.3, -0.25) is 44.1 Å². The van der Waals surface area contributed by atoms with Crippen LogP contribution in [0.4, 0.5) is 22.0 Å². The van der Waals surface area contributed by atoms with Gasteiger partial charge in [0, 0.05) is 85.6 Å². The molecule has 2 atom stereocenters. The van der Waals surface area contributed by atoms with Crippen LogP contribution in [0.3, 0.4) is 0 Å². The maximum absolute atomic E-state index is 13.6. The van der Waals surface area contributed by atoms with Gasteiger partial charge >= 0.3 is 6.18 Å². The summed E-state index contributed by atoms with van der Waals surface area (Å²) in [7, 11) is 0. The number of rotatable bonds is 16. The summed E-state index contributed by atoms with van der Waals surface area (Å²) in [4.78, 5) is 105. The number of aromatic nitrogens is 12. The molecule has 5 aromatic carbocycles. The van der Waals surface area contributed by atoms with Crippen molar-refractivity contribution in [2.75, 3.05) is 39.3 Å². The van der Waals surface area contributed by atoms with E-state index < -0.39 is 23.3 Å². The number of imidazole rings is 3. The molecule has 1 saturated carbocycles. The lowest BCUT2D eigenvalue weighted by molar-refractivity contribution is -0.250. The first-order valence-electron chi connectivity index (χ1n) is 35.0. The Morgan fingerprint density at radius 1 is 0.495 bits per heavy atom. The minimum Gasteiger partial charge on any atom is -0.381 e. The van der Waals surface area contributed by atoms with Crippen LogP contribution >= 0.6 is 0 Å². The number of nitrogens with zero attached hydrogens (tertiary/aromatic N) is 9. The van der Waals surface area contributed by atoms with Gasteiger partial charge in [-0.2, -0.15) is 27.2 Å². The maximum atomic E-state index is 13.6. The number of amides is 3. The van der Waals surface area contributed by atoms with Crippen molar-refractivity contribution in [1.82, 2.24) is 73.9 Å². The SMILES string of the molecule is CC(=O)N1CCC(CCc2c(-c3ccc(F)cc3)[nH]n(-c3nc4ccccc4[nH]3)c2=O)CC1.CC(C)(O)C(=O)N1CCCC(Cc2c(-c3ccc(F)cc3)[nH]n(-c3nc4ccccc4[nH]3)c2=O)C1.C[C@](O)(C(=O)N1CCC(CCc2c(C3CC3)[nH]n(-c3nc4ccccc4[nH]3)c2=O)CC1)C(F)(F)F. The Bertz CT molecular complexity index is 4960. The molecule has 3 saturated heterocycles. The van der Waals surface area contributed by atoms with E-state index >= 15 is 0 Å². The molecule has 3 aliphatic heterocycles. The van der Waals surface area contributed by atoms with E-state index in [1.54, 1.807) is 36.1 Å². The average molecular weight is 1420 g/mol. The van der Waals surface area contributed by atoms with Crippen molar-refractivity contribution in [1.29, 1.82) is 0 Å². The Morgan fingerprint density at radius 3 is 1.35 bits per heavy atom. The topological polar surface area (TPSA) is 301 Å². The van der Waals surface area contributed by atoms with E-state index in [0.717, 1.165) is 113 Å². The van der Waals surface area contributed by atoms with Gasteiger partial charge in [-0.1, -0.05) is 36.4 Å². The highest BCUT2D eigenvalue weighted by Gasteiger charge is 2.57. The van der Waals surface area contributed by atoms with Crippen molar-refractivity contribution < 1.29 is 46.5 Å². The zero-order valence-electron chi connectivity index (χ0n) is 57.6. The molecule has 4 fully saturated rings. The summed E-state index contributed by atoms with van der Waals surface area (Å²) >= 11 is 0. The van der Waals surface area contributed by atoms with Crippen LogP contribution in [0.15, 0.2) is 136 Å². The third-order valence-electron chi connectivity index (χ3n) is 20.4. The molecular weight excluding hydrogens is 1330 g/mol. The van der Waals surface area contributed by atoms with Gasteiger partial charge in [0.05, 0.1) is 44.5 Å². The number of hydrogen-bond acceptors (Lipinski definition) is 11. The van der Waals surface area contributed by atoms with Crippen LogP contribution in [0, 0.1) is 29.4 Å². The lowest BCUT2D eigenvalue weighted by Gasteiger charge is -2.36. The fraction of sp³-hybridized carbons (Fsp3) is 0.400. The van der Waals surface area contributed by atoms with Crippen molar-refractivity contribution in [3.8, 4) is 40.4 Å². The molecule has 28 heteroatoms. The summed E-state index contributed by atoms with van der Waals surface area (Å²) in [6.07, 6.45) is 4.74. The number of alkyl halides is 3. The summed E-state index contributed by atoms with van der Waals surface area (Å²) in [6, 6.07) is 34.8. The van der Waals surface area contributed by atoms with E-state index in [9.17, 15) is 60.9 Å². The van der Waals surface area contributed by atoms with Gasteiger partial charge in [-0.15, -0.1) is 0 Å². The highest BCUT2D eigenvalue weighted by atomic mass is 19.4. The first-order valence-corrected chi connectivity index (χ1v) is 35.0. The molecule has 540 valence electrons. The number of nitrogens with one attached hydrogen (secondary N) is 6. The molecule has 8 N–H and O–H groups in total. The standard InChI is InChI=1S/C26H28FN5O3.C25H26FN5O2.C24H28F3N5O3/c1-26(2,35)24(34)31-13-5-6-16(15-31)14-19-22(17-9-11-18(27)12-10-17)30-32(23(19)33)25-28-20-7-3-4-8-21(20)29-25;1-16(32)30-14-12-17(13-15-30)6-11-20-23(18-7-9-19(26)10-8-18)29-31(24(20)33)25-27-21-4-2-3-5-22(21)28-25;1-23(35,24(25,26)27)21(34)31-12-10-14(11-13-31)6-9-16-19(15-7-8-15)30-32(20(16)33)22-28-17-4-2-3-5-18(17)29-22/h3-4,7-12,16,30,35H,5-6,13-15H2,1-2H3,(H,28,29);2-5,7-10,17,29H,6,11-15H2,1H3,(H,27,28);2-5,14-15,30,35H,6-13H2,1H3,(H,28,29)/t;;23-/m..0/s1. The number of carbonyl (C=O) groups is 3. The summed E-state index contributed by atoms with van der Waals surface area (Å²) in [6.45, 7) is 7.97. The second kappa shape index (κ2) is 29.1. The predicted octanol–water partition coefficient (Wildman–Crippen LogP) is 10.8. The Kier molecular flexibility index (Phi) is 20.0. The smallest absolute Gasteiger partial charge is 0.381 e. The molecule has 23 nitrogen and oxygen atoms in total. The van der Waals surface area contributed by atoms with E-state index in [0.29, 0.717) is 116 Å². The molecule has 15 rings (SSSR count). The van der Waals surface area contributed by atoms with Gasteiger partial charge in [-0.05, 0) is 207 Å². The lowest BCUT2D eigenvalue weighted by Crippen LogP contribution is -2.57. The number of carbonyl (C=O) groups excluding carboxylic acids is 3. The zero-order valence-corrected chi connectivity index (χ0v) is 57.6. The molecule has 6 aromatic heterocycles. The van der Waals surface area contributed by atoms with Gasteiger partial charge in [0.25, 0.3) is 28.5 Å². The van der Waals surface area contributed by atoms with E-state index in [4.69, 9.17) is 0 Å². The number of fused-ring (bicyclic) bond motifs is 3. The highest BCUT2D eigenvalue weighted by molar-refractivity contribution is 5.86. The Hall–Kier alpha value is -10.5. The number of likely N-dealkylation sites (tertiary alicyclic amines) is 3. The van der Waals surface area contributed by atoms with Crippen LogP contribution in [0.1, 0.15) is 120 Å². The van der Waals surface area contributed by atoms with Crippen molar-refractivity contribution in [3.63, 3.8) is 0 Å². The molecule has 0 bridgehead atoms. The van der Waals surface area contributed by atoms with E-state index in [1.807, 2.05) is 77.7 Å². The van der Waals surface area contributed by atoms with E-state index in [-0.39, 0.29) is 65.1 Å². The van der Waals surface area contributed by atoms with E-state index in [2.05, 4.69) is 45.2 Å². The second-order valence-electron chi connectivity index (χ2n) is 28.2. The van der Waals surface area contributed by atoms with Crippen LogP contribution in [0.25, 0.3) is 73.5 Å². The normalized spacial score (nSPS) is 17.0. The molecule has 3 amide bonds. The minimum atomic E-state index is -5.02. The monoisotopic (exact) mass is 1420 g/mol. The fourth-order valence-electron chi connectivity index (χ4n) is 14.3. The summed E-state index contributed by atoms with van der Waals surface area (Å²) in [5.41, 5.74) is 5.01. The minimum absolute atomic E-state index is 0.0434. The van der Waals surface area contributed by atoms with Gasteiger partial charge in [0.2, 0.25) is 29.4 Å². The van der Waals surface area contributed by atoms with Crippen molar-refractivity contribution in [2.45, 2.75) is 134 Å². The van der Waals surface area contributed by atoms with Crippen molar-refractivity contribution in [3.05, 3.63) is 186 Å². The molecule has 1 aliphatic carbocycles. The Labute approximate surface area is 587 Å². The average Bonchev–Trinajstić information content (AvgIpc) is 1.63. The number of hydrogen-bond donors (Lipinski definition) is 8. The maximum Gasteiger partial charge on any atom is 0.426 e. The van der Waals surface area contributed by atoms with Crippen LogP contribution in [0.2, 0.25) is 0 Å².